The minimum absolute atomic E-state index is 0.423. The Bertz CT molecular complexity index is 306. The molecule has 1 rings (SSSR count). The van der Waals surface area contributed by atoms with E-state index < -0.39 is 0 Å². The second-order valence-electron chi connectivity index (χ2n) is 3.16. The molecule has 1 aromatic rings. The van der Waals surface area contributed by atoms with Crippen LogP contribution in [-0.4, -0.2) is 0 Å². The lowest BCUT2D eigenvalue weighted by molar-refractivity contribution is 0.865. The highest BCUT2D eigenvalue weighted by Gasteiger charge is 2.03. The molecule has 0 nitrogen and oxygen atoms in total. The highest BCUT2D eigenvalue weighted by molar-refractivity contribution is 5.25. The normalized spacial score (nSPS) is 12.6. The van der Waals surface area contributed by atoms with E-state index in [1.54, 1.807) is 6.08 Å². The van der Waals surface area contributed by atoms with Crippen molar-refractivity contribution >= 4 is 0 Å². The fraction of sp³-hybridized carbons (Fsp3) is 0.143. The summed E-state index contributed by atoms with van der Waals surface area (Å²) >= 11 is 0. The van der Waals surface area contributed by atoms with Crippen LogP contribution in [0.5, 0.6) is 0 Å². The van der Waals surface area contributed by atoms with Crippen LogP contribution >= 0.6 is 0 Å². The second kappa shape index (κ2) is 5.98. The minimum Gasteiger partial charge on any atom is -0.103 e. The third kappa shape index (κ3) is 3.06. The number of allylic oxidation sites excluding steroid dienone is 4. The summed E-state index contributed by atoms with van der Waals surface area (Å²) in [4.78, 5) is 0. The van der Waals surface area contributed by atoms with Gasteiger partial charge in [-0.3, -0.25) is 0 Å². The Morgan fingerprint density at radius 3 is 2.43 bits per heavy atom. The van der Waals surface area contributed by atoms with Gasteiger partial charge in [-0.25, -0.2) is 0 Å². The maximum absolute atomic E-state index is 3.77. The van der Waals surface area contributed by atoms with Gasteiger partial charge in [0, 0.05) is 5.92 Å². The molecular weight excluding hydrogens is 168 g/mol. The topological polar surface area (TPSA) is 0 Å². The van der Waals surface area contributed by atoms with Crippen molar-refractivity contribution in [2.75, 3.05) is 0 Å². The molecule has 0 aromatic heterocycles. The van der Waals surface area contributed by atoms with Gasteiger partial charge >= 0.3 is 0 Å². The molecule has 0 aliphatic heterocycles. The zero-order valence-corrected chi connectivity index (χ0v) is 8.39. The summed E-state index contributed by atoms with van der Waals surface area (Å²) in [5.41, 5.74) is 1.32. The van der Waals surface area contributed by atoms with Gasteiger partial charge in [0.2, 0.25) is 0 Å². The van der Waals surface area contributed by atoms with Crippen molar-refractivity contribution in [2.45, 2.75) is 12.3 Å². The summed E-state index contributed by atoms with van der Waals surface area (Å²) in [5.74, 6) is 0.423. The van der Waals surface area contributed by atoms with Gasteiger partial charge < -0.3 is 0 Å². The van der Waals surface area contributed by atoms with Gasteiger partial charge in [0.05, 0.1) is 0 Å². The van der Waals surface area contributed by atoms with E-state index in [0.717, 1.165) is 6.42 Å². The van der Waals surface area contributed by atoms with Gasteiger partial charge in [-0.15, -0.1) is 6.58 Å². The van der Waals surface area contributed by atoms with Gasteiger partial charge in [-0.05, 0) is 12.0 Å². The summed E-state index contributed by atoms with van der Waals surface area (Å²) < 4.78 is 0. The fourth-order valence-corrected chi connectivity index (χ4v) is 1.42. The summed E-state index contributed by atoms with van der Waals surface area (Å²) in [6.07, 6.45) is 8.86. The van der Waals surface area contributed by atoms with Crippen LogP contribution in [0.25, 0.3) is 0 Å². The first kappa shape index (κ1) is 10.5. The van der Waals surface area contributed by atoms with E-state index in [2.05, 4.69) is 43.5 Å². The van der Waals surface area contributed by atoms with Crippen LogP contribution in [0.4, 0.5) is 0 Å². The first-order valence-electron chi connectivity index (χ1n) is 4.83. The van der Waals surface area contributed by atoms with Gasteiger partial charge in [0.15, 0.2) is 0 Å². The molecule has 0 spiro atoms. The zero-order chi connectivity index (χ0) is 10.2. The quantitative estimate of drug-likeness (QED) is 0.477. The molecule has 72 valence electrons. The molecule has 1 unspecified atom stereocenters. The van der Waals surface area contributed by atoms with E-state index in [9.17, 15) is 0 Å². The summed E-state index contributed by atoms with van der Waals surface area (Å²) in [6, 6.07) is 10.4. The average Bonchev–Trinajstić information content (AvgIpc) is 2.25. The van der Waals surface area contributed by atoms with Crippen molar-refractivity contribution in [3.05, 3.63) is 73.4 Å². The number of rotatable bonds is 5. The Morgan fingerprint density at radius 1 is 1.14 bits per heavy atom. The molecule has 0 saturated carbocycles. The predicted octanol–water partition coefficient (Wildman–Crippen LogP) is 4.09. The van der Waals surface area contributed by atoms with Crippen molar-refractivity contribution in [3.8, 4) is 0 Å². The van der Waals surface area contributed by atoms with Crippen LogP contribution in [0.3, 0.4) is 0 Å². The smallest absolute Gasteiger partial charge is 0.00554 e. The molecule has 0 aliphatic rings. The average molecular weight is 184 g/mol. The predicted molar refractivity (Wildman–Crippen MR) is 63.3 cm³/mol. The Morgan fingerprint density at radius 2 is 1.86 bits per heavy atom. The summed E-state index contributed by atoms with van der Waals surface area (Å²) in [5, 5.41) is 0. The van der Waals surface area contributed by atoms with Crippen molar-refractivity contribution in [2.24, 2.45) is 0 Å². The lowest BCUT2D eigenvalue weighted by Crippen LogP contribution is -1.92. The van der Waals surface area contributed by atoms with Gasteiger partial charge in [-0.2, -0.15) is 0 Å². The molecule has 0 N–H and O–H groups in total. The van der Waals surface area contributed by atoms with E-state index >= 15 is 0 Å². The third-order valence-electron chi connectivity index (χ3n) is 2.13. The van der Waals surface area contributed by atoms with E-state index in [0.29, 0.717) is 5.92 Å². The molecule has 0 radical (unpaired) electrons. The molecule has 0 fully saturated rings. The molecule has 0 bridgehead atoms. The molecule has 14 heavy (non-hydrogen) atoms. The standard InChI is InChI=1S/C14H16/c1-3-5-10-13(9-4-2)14-11-7-6-8-12-14/h3-8,10-13H,1-2,9H2. The molecule has 1 aromatic carbocycles. The first-order valence-corrected chi connectivity index (χ1v) is 4.83. The lowest BCUT2D eigenvalue weighted by Gasteiger charge is -2.09. The number of hydrogen-bond donors (Lipinski definition) is 0. The van der Waals surface area contributed by atoms with Crippen LogP contribution in [0.15, 0.2) is 67.8 Å². The van der Waals surface area contributed by atoms with E-state index in [1.165, 1.54) is 5.56 Å². The zero-order valence-electron chi connectivity index (χ0n) is 8.39. The Labute approximate surface area is 86.3 Å². The van der Waals surface area contributed by atoms with Gasteiger partial charge in [-0.1, -0.05) is 61.2 Å². The maximum Gasteiger partial charge on any atom is 0.00554 e. The van der Waals surface area contributed by atoms with Crippen molar-refractivity contribution < 1.29 is 0 Å². The second-order valence-corrected chi connectivity index (χ2v) is 3.16. The monoisotopic (exact) mass is 184 g/mol. The van der Waals surface area contributed by atoms with Crippen molar-refractivity contribution in [1.29, 1.82) is 0 Å². The Hall–Kier alpha value is -1.56. The van der Waals surface area contributed by atoms with Crippen molar-refractivity contribution in [1.82, 2.24) is 0 Å². The maximum atomic E-state index is 3.77. The summed E-state index contributed by atoms with van der Waals surface area (Å²) in [7, 11) is 0. The lowest BCUT2D eigenvalue weighted by atomic mass is 9.95. The Balaban J connectivity index is 2.82. The van der Waals surface area contributed by atoms with E-state index in [4.69, 9.17) is 0 Å². The van der Waals surface area contributed by atoms with Gasteiger partial charge in [0.1, 0.15) is 0 Å². The SMILES string of the molecule is C=CC=CC(CC=C)c1ccccc1. The Kier molecular flexibility index (Phi) is 4.49. The van der Waals surface area contributed by atoms with Crippen LogP contribution in [0.2, 0.25) is 0 Å². The number of benzene rings is 1. The number of hydrogen-bond acceptors (Lipinski definition) is 0. The third-order valence-corrected chi connectivity index (χ3v) is 2.13. The van der Waals surface area contributed by atoms with Crippen LogP contribution in [-0.2, 0) is 0 Å². The van der Waals surface area contributed by atoms with Crippen LogP contribution in [0.1, 0.15) is 17.9 Å². The van der Waals surface area contributed by atoms with E-state index in [1.807, 2.05) is 18.2 Å². The molecular formula is C14H16. The molecule has 0 amide bonds. The molecule has 1 atom stereocenters. The highest BCUT2D eigenvalue weighted by Crippen LogP contribution is 2.21. The first-order chi connectivity index (χ1) is 6.88. The fourth-order valence-electron chi connectivity index (χ4n) is 1.42. The highest BCUT2D eigenvalue weighted by atomic mass is 14.1. The molecule has 0 aliphatic carbocycles. The van der Waals surface area contributed by atoms with Crippen LogP contribution < -0.4 is 0 Å². The van der Waals surface area contributed by atoms with Crippen LogP contribution in [0, 0.1) is 0 Å². The molecule has 0 saturated heterocycles. The van der Waals surface area contributed by atoms with E-state index in [-0.39, 0.29) is 0 Å². The molecule has 0 heteroatoms. The van der Waals surface area contributed by atoms with Gasteiger partial charge in [0.25, 0.3) is 0 Å². The largest absolute Gasteiger partial charge is 0.103 e. The minimum atomic E-state index is 0.423. The summed E-state index contributed by atoms with van der Waals surface area (Å²) in [6.45, 7) is 7.45. The van der Waals surface area contributed by atoms with Crippen molar-refractivity contribution in [3.63, 3.8) is 0 Å². The molecule has 0 heterocycles.